The zero-order valence-electron chi connectivity index (χ0n) is 5.80. The van der Waals surface area contributed by atoms with Gasteiger partial charge in [0.15, 0.2) is 12.7 Å². The summed E-state index contributed by atoms with van der Waals surface area (Å²) in [5.74, 6) is 0. The third kappa shape index (κ3) is 1.88. The van der Waals surface area contributed by atoms with Gasteiger partial charge in [0.1, 0.15) is 0 Å². The molecule has 0 saturated heterocycles. The van der Waals surface area contributed by atoms with E-state index in [1.54, 1.807) is 0 Å². The summed E-state index contributed by atoms with van der Waals surface area (Å²) in [5, 5.41) is 3.09. The van der Waals surface area contributed by atoms with Gasteiger partial charge in [-0.1, -0.05) is 13.3 Å². The number of nitrogens with zero attached hydrogens (tertiary/aromatic N) is 1. The van der Waals surface area contributed by atoms with Crippen molar-refractivity contribution in [3.8, 4) is 0 Å². The largest absolute Gasteiger partial charge is 0.195 e. The summed E-state index contributed by atoms with van der Waals surface area (Å²) in [4.78, 5) is 0. The van der Waals surface area contributed by atoms with Crippen molar-refractivity contribution in [3.63, 3.8) is 0 Å². The number of aromatic amines is 1. The van der Waals surface area contributed by atoms with Crippen LogP contribution in [-0.2, 0) is 6.54 Å². The molecule has 0 bridgehead atoms. The van der Waals surface area contributed by atoms with Crippen LogP contribution in [0.4, 0.5) is 0 Å². The molecule has 1 aromatic rings. The molecule has 1 N–H and O–H groups in total. The Hall–Kier alpha value is -0.790. The van der Waals surface area contributed by atoms with Crippen molar-refractivity contribution in [1.82, 2.24) is 5.10 Å². The van der Waals surface area contributed by atoms with E-state index in [0.29, 0.717) is 0 Å². The smallest absolute Gasteiger partial charge is 0.173 e. The molecular weight excluding hydrogens is 112 g/mol. The van der Waals surface area contributed by atoms with Crippen molar-refractivity contribution in [2.75, 3.05) is 0 Å². The van der Waals surface area contributed by atoms with Crippen LogP contribution in [0.1, 0.15) is 19.8 Å². The fourth-order valence-electron chi connectivity index (χ4n) is 0.796. The Morgan fingerprint density at radius 2 is 2.44 bits per heavy atom. The maximum atomic E-state index is 3.09. The summed E-state index contributed by atoms with van der Waals surface area (Å²) in [6.45, 7) is 3.31. The molecule has 0 spiro atoms. The third-order valence-electron chi connectivity index (χ3n) is 1.36. The van der Waals surface area contributed by atoms with Gasteiger partial charge in [-0.25, -0.2) is 0 Å². The predicted molar refractivity (Wildman–Crippen MR) is 35.9 cm³/mol. The molecule has 0 aliphatic heterocycles. The summed E-state index contributed by atoms with van der Waals surface area (Å²) in [6, 6.07) is 2.01. The van der Waals surface area contributed by atoms with E-state index in [1.165, 1.54) is 12.8 Å². The van der Waals surface area contributed by atoms with Gasteiger partial charge in [-0.3, -0.25) is 0 Å². The van der Waals surface area contributed by atoms with Crippen LogP contribution < -0.4 is 4.68 Å². The van der Waals surface area contributed by atoms with Crippen LogP contribution in [0.2, 0.25) is 0 Å². The van der Waals surface area contributed by atoms with Crippen molar-refractivity contribution >= 4 is 0 Å². The standard InChI is InChI=1S/C7H12N2/c1-2-3-6-9-7-4-5-8-9/h4-5,7H,2-3,6H2,1H3/p+1. The van der Waals surface area contributed by atoms with E-state index in [1.807, 2.05) is 12.3 Å². The lowest BCUT2D eigenvalue weighted by molar-refractivity contribution is -0.750. The molecule has 0 aromatic carbocycles. The average molecular weight is 125 g/mol. The lowest BCUT2D eigenvalue weighted by atomic mass is 10.3. The Kier molecular flexibility index (Phi) is 2.31. The number of hydrogen-bond donors (Lipinski definition) is 1. The fraction of sp³-hybridized carbons (Fsp3) is 0.571. The van der Waals surface area contributed by atoms with E-state index < -0.39 is 0 Å². The number of nitrogens with one attached hydrogen (secondary N) is 1. The highest BCUT2D eigenvalue weighted by Gasteiger charge is 1.94. The zero-order chi connectivity index (χ0) is 6.53. The summed E-state index contributed by atoms with van der Waals surface area (Å²) in [7, 11) is 0. The molecule has 50 valence electrons. The minimum Gasteiger partial charge on any atom is -0.173 e. The summed E-state index contributed by atoms with van der Waals surface area (Å²) in [5.41, 5.74) is 0. The predicted octanol–water partition coefficient (Wildman–Crippen LogP) is 1.10. The Morgan fingerprint density at radius 1 is 1.56 bits per heavy atom. The van der Waals surface area contributed by atoms with E-state index in [-0.39, 0.29) is 0 Å². The molecule has 0 atom stereocenters. The molecule has 0 fully saturated rings. The normalized spacial score (nSPS) is 9.89. The summed E-state index contributed by atoms with van der Waals surface area (Å²) >= 11 is 0. The number of aryl methyl sites for hydroxylation is 1. The molecule has 0 amide bonds. The number of unbranched alkanes of at least 4 members (excludes halogenated alkanes) is 1. The first-order valence-electron chi connectivity index (χ1n) is 3.46. The minimum absolute atomic E-state index is 1.11. The molecule has 2 heteroatoms. The molecule has 0 aliphatic carbocycles. The zero-order valence-corrected chi connectivity index (χ0v) is 5.80. The maximum Gasteiger partial charge on any atom is 0.195 e. The first kappa shape index (κ1) is 6.33. The van der Waals surface area contributed by atoms with Gasteiger partial charge >= 0.3 is 0 Å². The monoisotopic (exact) mass is 125 g/mol. The quantitative estimate of drug-likeness (QED) is 0.584. The van der Waals surface area contributed by atoms with Gasteiger partial charge in [0.25, 0.3) is 0 Å². The van der Waals surface area contributed by atoms with Gasteiger partial charge in [-0.15, -0.1) is 4.68 Å². The van der Waals surface area contributed by atoms with Crippen molar-refractivity contribution in [2.45, 2.75) is 26.3 Å². The second-order valence-corrected chi connectivity index (χ2v) is 2.18. The van der Waals surface area contributed by atoms with Gasteiger partial charge in [0.2, 0.25) is 0 Å². The van der Waals surface area contributed by atoms with Gasteiger partial charge in [-0.2, -0.15) is 5.10 Å². The van der Waals surface area contributed by atoms with Crippen molar-refractivity contribution in [2.24, 2.45) is 0 Å². The molecule has 0 radical (unpaired) electrons. The Bertz CT molecular complexity index is 144. The van der Waals surface area contributed by atoms with Crippen LogP contribution in [0.15, 0.2) is 18.5 Å². The van der Waals surface area contributed by atoms with Crippen molar-refractivity contribution < 1.29 is 4.68 Å². The van der Waals surface area contributed by atoms with E-state index >= 15 is 0 Å². The Morgan fingerprint density at radius 3 is 3.00 bits per heavy atom. The first-order chi connectivity index (χ1) is 4.43. The highest BCUT2D eigenvalue weighted by atomic mass is 15.3. The Balaban J connectivity index is 2.30. The summed E-state index contributed by atoms with van der Waals surface area (Å²) < 4.78 is 2.09. The average Bonchev–Trinajstić information content (AvgIpc) is 2.34. The topological polar surface area (TPSA) is 19.7 Å². The highest BCUT2D eigenvalue weighted by molar-refractivity contribution is 4.66. The molecule has 0 saturated carbocycles. The molecule has 0 unspecified atom stereocenters. The van der Waals surface area contributed by atoms with Crippen LogP contribution >= 0.6 is 0 Å². The third-order valence-corrected chi connectivity index (χ3v) is 1.36. The first-order valence-corrected chi connectivity index (χ1v) is 3.46. The maximum absolute atomic E-state index is 3.09. The molecule has 1 aromatic heterocycles. The summed E-state index contributed by atoms with van der Waals surface area (Å²) in [6.07, 6.45) is 6.50. The van der Waals surface area contributed by atoms with E-state index in [9.17, 15) is 0 Å². The molecule has 2 nitrogen and oxygen atoms in total. The second-order valence-electron chi connectivity index (χ2n) is 2.18. The van der Waals surface area contributed by atoms with Crippen LogP contribution in [-0.4, -0.2) is 5.10 Å². The van der Waals surface area contributed by atoms with Crippen LogP contribution in [0, 0.1) is 0 Å². The highest BCUT2D eigenvalue weighted by Crippen LogP contribution is 1.83. The number of aromatic nitrogens is 2. The Labute approximate surface area is 55.5 Å². The lowest BCUT2D eigenvalue weighted by Gasteiger charge is -1.86. The van der Waals surface area contributed by atoms with Gasteiger partial charge in [-0.05, 0) is 0 Å². The number of H-pyrrole nitrogens is 1. The molecule has 9 heavy (non-hydrogen) atoms. The number of hydrogen-bond acceptors (Lipinski definition) is 0. The van der Waals surface area contributed by atoms with E-state index in [2.05, 4.69) is 22.9 Å². The minimum atomic E-state index is 1.11. The van der Waals surface area contributed by atoms with Gasteiger partial charge in [0, 0.05) is 12.5 Å². The molecule has 1 heterocycles. The van der Waals surface area contributed by atoms with Crippen LogP contribution in [0.25, 0.3) is 0 Å². The molecule has 0 aliphatic rings. The van der Waals surface area contributed by atoms with Crippen molar-refractivity contribution in [1.29, 1.82) is 0 Å². The van der Waals surface area contributed by atoms with Gasteiger partial charge < -0.3 is 0 Å². The van der Waals surface area contributed by atoms with Gasteiger partial charge in [0.05, 0.1) is 6.20 Å². The molecule has 1 rings (SSSR count). The van der Waals surface area contributed by atoms with E-state index in [4.69, 9.17) is 0 Å². The van der Waals surface area contributed by atoms with E-state index in [0.717, 1.165) is 6.54 Å². The number of rotatable bonds is 3. The van der Waals surface area contributed by atoms with Crippen molar-refractivity contribution in [3.05, 3.63) is 18.5 Å². The fourth-order valence-corrected chi connectivity index (χ4v) is 0.796. The lowest BCUT2D eigenvalue weighted by Crippen LogP contribution is -2.34. The second kappa shape index (κ2) is 3.28. The van der Waals surface area contributed by atoms with Crippen LogP contribution in [0.5, 0.6) is 0 Å². The molecular formula is C7H13N2+. The van der Waals surface area contributed by atoms with Crippen LogP contribution in [0.3, 0.4) is 0 Å². The SMILES string of the molecule is CCCC[n+]1ccc[nH]1.